The second-order valence-electron chi connectivity index (χ2n) is 4.14. The number of rotatable bonds is 0. The summed E-state index contributed by atoms with van der Waals surface area (Å²) in [6.07, 6.45) is 4.47. The first kappa shape index (κ1) is 9.00. The molecule has 2 saturated heterocycles. The molecular weight excluding hydrogens is 168 g/mol. The minimum Gasteiger partial charge on any atom is -0.459 e. The number of hydrogen-bond acceptors (Lipinski definition) is 3. The van der Waals surface area contributed by atoms with E-state index in [9.17, 15) is 4.79 Å². The van der Waals surface area contributed by atoms with Crippen LogP contribution < -0.4 is 0 Å². The third-order valence-corrected chi connectivity index (χ3v) is 3.07. The molecule has 3 heteroatoms. The van der Waals surface area contributed by atoms with Crippen molar-refractivity contribution in [2.45, 2.75) is 50.7 Å². The quantitative estimate of drug-likeness (QED) is 0.537. The maximum absolute atomic E-state index is 11.1. The number of ether oxygens (including phenoxy) is 2. The third-order valence-electron chi connectivity index (χ3n) is 3.07. The van der Waals surface area contributed by atoms with Gasteiger partial charge in [0.2, 0.25) is 0 Å². The first-order valence-corrected chi connectivity index (χ1v) is 5.04. The first-order chi connectivity index (χ1) is 6.21. The number of carbonyl (C=O) groups excluding carboxylic acids is 1. The van der Waals surface area contributed by atoms with Crippen LogP contribution in [0, 0.1) is 0 Å². The van der Waals surface area contributed by atoms with E-state index in [1.807, 2.05) is 0 Å². The maximum Gasteiger partial charge on any atom is 0.306 e. The molecule has 2 heterocycles. The van der Waals surface area contributed by atoms with Crippen LogP contribution in [-0.2, 0) is 14.3 Å². The predicted octanol–water partition coefficient (Wildman–Crippen LogP) is 1.65. The van der Waals surface area contributed by atoms with E-state index >= 15 is 0 Å². The molecule has 2 rings (SSSR count). The van der Waals surface area contributed by atoms with Crippen molar-refractivity contribution >= 4 is 5.97 Å². The van der Waals surface area contributed by atoms with E-state index < -0.39 is 0 Å². The fourth-order valence-corrected chi connectivity index (χ4v) is 2.12. The van der Waals surface area contributed by atoms with E-state index in [0.29, 0.717) is 6.42 Å². The van der Waals surface area contributed by atoms with E-state index in [2.05, 4.69) is 6.92 Å². The molecule has 2 atom stereocenters. The molecular formula is C10H16O3. The summed E-state index contributed by atoms with van der Waals surface area (Å²) in [5.41, 5.74) is -0.204. The monoisotopic (exact) mass is 184 g/mol. The minimum absolute atomic E-state index is 0.00347. The molecule has 0 aliphatic carbocycles. The lowest BCUT2D eigenvalue weighted by molar-refractivity contribution is -0.185. The second kappa shape index (κ2) is 3.29. The summed E-state index contributed by atoms with van der Waals surface area (Å²) >= 11 is 0. The molecule has 0 N–H and O–H groups in total. The number of carbonyl (C=O) groups is 1. The topological polar surface area (TPSA) is 35.5 Å². The lowest BCUT2D eigenvalue weighted by atomic mass is 9.88. The highest BCUT2D eigenvalue weighted by Crippen LogP contribution is 2.34. The molecule has 0 aromatic rings. The molecule has 0 aromatic carbocycles. The highest BCUT2D eigenvalue weighted by atomic mass is 16.6. The molecule has 3 nitrogen and oxygen atoms in total. The Kier molecular flexibility index (Phi) is 2.28. The number of hydrogen-bond donors (Lipinski definition) is 0. The molecule has 13 heavy (non-hydrogen) atoms. The Hall–Kier alpha value is -0.570. The highest BCUT2D eigenvalue weighted by Gasteiger charge is 2.42. The summed E-state index contributed by atoms with van der Waals surface area (Å²) < 4.78 is 11.1. The Balaban J connectivity index is 2.12. The lowest BCUT2D eigenvalue weighted by Crippen LogP contribution is -2.47. The minimum atomic E-state index is -0.204. The van der Waals surface area contributed by atoms with Crippen LogP contribution in [0.5, 0.6) is 0 Å². The number of esters is 1. The van der Waals surface area contributed by atoms with Crippen molar-refractivity contribution in [3.05, 3.63) is 0 Å². The Bertz CT molecular complexity index is 214. The summed E-state index contributed by atoms with van der Waals surface area (Å²) in [5.74, 6) is -0.0621. The van der Waals surface area contributed by atoms with Gasteiger partial charge in [0, 0.05) is 13.0 Å². The van der Waals surface area contributed by atoms with Crippen molar-refractivity contribution in [3.63, 3.8) is 0 Å². The van der Waals surface area contributed by atoms with Crippen molar-refractivity contribution in [2.24, 2.45) is 0 Å². The van der Waals surface area contributed by atoms with Gasteiger partial charge in [-0.2, -0.15) is 0 Å². The molecule has 2 aliphatic rings. The summed E-state index contributed by atoms with van der Waals surface area (Å²) in [7, 11) is 0. The number of fused-ring (bicyclic) bond motifs is 1. The Morgan fingerprint density at radius 2 is 2.31 bits per heavy atom. The van der Waals surface area contributed by atoms with Gasteiger partial charge in [0.1, 0.15) is 11.7 Å². The SMILES string of the molecule is C[C@]12CCC(=O)O[C@H]1CCCCO2. The summed E-state index contributed by atoms with van der Waals surface area (Å²) in [4.78, 5) is 11.1. The molecule has 0 radical (unpaired) electrons. The van der Waals surface area contributed by atoms with Crippen molar-refractivity contribution in [3.8, 4) is 0 Å². The third kappa shape index (κ3) is 1.70. The van der Waals surface area contributed by atoms with Crippen LogP contribution >= 0.6 is 0 Å². The summed E-state index contributed by atoms with van der Waals surface area (Å²) in [6.45, 7) is 2.87. The summed E-state index contributed by atoms with van der Waals surface area (Å²) in [5, 5.41) is 0. The average Bonchev–Trinajstić information content (AvgIpc) is 2.28. The van der Waals surface area contributed by atoms with Gasteiger partial charge in [0.05, 0.1) is 0 Å². The zero-order chi connectivity index (χ0) is 9.31. The molecule has 0 bridgehead atoms. The first-order valence-electron chi connectivity index (χ1n) is 5.04. The predicted molar refractivity (Wildman–Crippen MR) is 47.3 cm³/mol. The fourth-order valence-electron chi connectivity index (χ4n) is 2.12. The normalized spacial score (nSPS) is 40.4. The van der Waals surface area contributed by atoms with Crippen molar-refractivity contribution in [1.82, 2.24) is 0 Å². The maximum atomic E-state index is 11.1. The van der Waals surface area contributed by atoms with Crippen LogP contribution in [0.25, 0.3) is 0 Å². The highest BCUT2D eigenvalue weighted by molar-refractivity contribution is 5.70. The van der Waals surface area contributed by atoms with Crippen LogP contribution in [0.2, 0.25) is 0 Å². The Morgan fingerprint density at radius 1 is 1.46 bits per heavy atom. The standard InChI is InChI=1S/C10H16O3/c1-10-6-5-9(11)13-8(10)4-2-3-7-12-10/h8H,2-7H2,1H3/t8-,10-/m0/s1. The molecule has 0 amide bonds. The second-order valence-corrected chi connectivity index (χ2v) is 4.14. The zero-order valence-corrected chi connectivity index (χ0v) is 8.04. The van der Waals surface area contributed by atoms with Crippen LogP contribution in [0.4, 0.5) is 0 Å². The van der Waals surface area contributed by atoms with Gasteiger partial charge < -0.3 is 9.47 Å². The van der Waals surface area contributed by atoms with E-state index in [4.69, 9.17) is 9.47 Å². The van der Waals surface area contributed by atoms with Crippen LogP contribution in [0.15, 0.2) is 0 Å². The van der Waals surface area contributed by atoms with Gasteiger partial charge in [-0.05, 0) is 32.6 Å². The van der Waals surface area contributed by atoms with Gasteiger partial charge in [0.15, 0.2) is 0 Å². The van der Waals surface area contributed by atoms with Gasteiger partial charge in [-0.25, -0.2) is 0 Å². The zero-order valence-electron chi connectivity index (χ0n) is 8.04. The van der Waals surface area contributed by atoms with Crippen molar-refractivity contribution < 1.29 is 14.3 Å². The van der Waals surface area contributed by atoms with E-state index in [1.54, 1.807) is 0 Å². The van der Waals surface area contributed by atoms with Crippen LogP contribution in [0.1, 0.15) is 39.0 Å². The van der Waals surface area contributed by atoms with Gasteiger partial charge in [-0.3, -0.25) is 4.79 Å². The lowest BCUT2D eigenvalue weighted by Gasteiger charge is -2.38. The Morgan fingerprint density at radius 3 is 3.15 bits per heavy atom. The van der Waals surface area contributed by atoms with Crippen LogP contribution in [0.3, 0.4) is 0 Å². The van der Waals surface area contributed by atoms with Crippen molar-refractivity contribution in [2.75, 3.05) is 6.61 Å². The molecule has 0 saturated carbocycles. The molecule has 0 spiro atoms. The molecule has 2 fully saturated rings. The molecule has 0 aromatic heterocycles. The summed E-state index contributed by atoms with van der Waals surface area (Å²) in [6, 6.07) is 0. The van der Waals surface area contributed by atoms with Crippen molar-refractivity contribution in [1.29, 1.82) is 0 Å². The van der Waals surface area contributed by atoms with E-state index in [0.717, 1.165) is 32.3 Å². The van der Waals surface area contributed by atoms with Gasteiger partial charge >= 0.3 is 5.97 Å². The largest absolute Gasteiger partial charge is 0.459 e. The Labute approximate surface area is 78.4 Å². The van der Waals surface area contributed by atoms with Crippen LogP contribution in [-0.4, -0.2) is 24.3 Å². The van der Waals surface area contributed by atoms with E-state index in [-0.39, 0.29) is 17.7 Å². The van der Waals surface area contributed by atoms with E-state index in [1.165, 1.54) is 0 Å². The fraction of sp³-hybridized carbons (Fsp3) is 0.900. The van der Waals surface area contributed by atoms with Gasteiger partial charge in [0.25, 0.3) is 0 Å². The van der Waals surface area contributed by atoms with Gasteiger partial charge in [-0.15, -0.1) is 0 Å². The molecule has 74 valence electrons. The molecule has 2 aliphatic heterocycles. The van der Waals surface area contributed by atoms with Gasteiger partial charge in [-0.1, -0.05) is 0 Å². The smallest absolute Gasteiger partial charge is 0.306 e. The average molecular weight is 184 g/mol. The molecule has 0 unspecified atom stereocenters.